The van der Waals surface area contributed by atoms with Crippen molar-refractivity contribution in [3.63, 3.8) is 0 Å². The normalized spacial score (nSPS) is 16.0. The van der Waals surface area contributed by atoms with Crippen LogP contribution in [0.2, 0.25) is 0 Å². The quantitative estimate of drug-likeness (QED) is 0.231. The fraction of sp³-hybridized carbons (Fsp3) is 0.500. The number of rotatable bonds is 5. The van der Waals surface area contributed by atoms with Crippen LogP contribution in [0.3, 0.4) is 0 Å². The SMILES string of the molecule is C#Cc1cccc(NC(=O)CN=C(NCC)N2CCC(NC(=O)OC(C)(C)C)C2)c1.I. The molecule has 2 rings (SSSR count). The van der Waals surface area contributed by atoms with E-state index in [4.69, 9.17) is 11.2 Å². The number of likely N-dealkylation sites (tertiary alicyclic amines) is 1. The number of alkyl carbamates (subject to hydrolysis) is 1. The highest BCUT2D eigenvalue weighted by Crippen LogP contribution is 2.13. The van der Waals surface area contributed by atoms with Crippen molar-refractivity contribution in [1.29, 1.82) is 0 Å². The second-order valence-corrected chi connectivity index (χ2v) is 8.02. The van der Waals surface area contributed by atoms with E-state index in [1.54, 1.807) is 24.3 Å². The molecule has 1 fully saturated rings. The predicted molar refractivity (Wildman–Crippen MR) is 134 cm³/mol. The summed E-state index contributed by atoms with van der Waals surface area (Å²) in [6, 6.07) is 7.07. The van der Waals surface area contributed by atoms with Crippen molar-refractivity contribution in [3.05, 3.63) is 29.8 Å². The van der Waals surface area contributed by atoms with Crippen molar-refractivity contribution < 1.29 is 14.3 Å². The average Bonchev–Trinajstić information content (AvgIpc) is 3.11. The molecule has 0 aliphatic carbocycles. The lowest BCUT2D eigenvalue weighted by Gasteiger charge is -2.23. The van der Waals surface area contributed by atoms with Gasteiger partial charge in [0.1, 0.15) is 12.1 Å². The fourth-order valence-electron chi connectivity index (χ4n) is 3.00. The Morgan fingerprint density at radius 2 is 2.10 bits per heavy atom. The highest BCUT2D eigenvalue weighted by Gasteiger charge is 2.28. The molecule has 0 aromatic heterocycles. The first-order chi connectivity index (χ1) is 14.2. The number of nitrogens with one attached hydrogen (secondary N) is 3. The average molecular weight is 541 g/mol. The molecule has 1 aliphatic heterocycles. The van der Waals surface area contributed by atoms with Gasteiger partial charge in [0.05, 0.1) is 6.04 Å². The van der Waals surface area contributed by atoms with Crippen LogP contribution in [0.15, 0.2) is 29.3 Å². The number of aliphatic imine (C=N–C) groups is 1. The summed E-state index contributed by atoms with van der Waals surface area (Å²) in [5.41, 5.74) is 0.801. The fourth-order valence-corrected chi connectivity index (χ4v) is 3.00. The van der Waals surface area contributed by atoms with Gasteiger partial charge in [-0.15, -0.1) is 30.4 Å². The number of carbonyl (C=O) groups is 2. The van der Waals surface area contributed by atoms with Crippen LogP contribution in [-0.4, -0.2) is 60.7 Å². The minimum absolute atomic E-state index is 0. The summed E-state index contributed by atoms with van der Waals surface area (Å²) in [7, 11) is 0. The first kappa shape index (κ1) is 26.6. The number of amides is 2. The Hall–Kier alpha value is -2.48. The Kier molecular flexibility index (Phi) is 10.6. The second kappa shape index (κ2) is 12.4. The molecule has 1 unspecified atom stereocenters. The number of guanidine groups is 1. The zero-order valence-electron chi connectivity index (χ0n) is 18.5. The maximum atomic E-state index is 12.3. The summed E-state index contributed by atoms with van der Waals surface area (Å²) in [6.07, 6.45) is 5.74. The van der Waals surface area contributed by atoms with Crippen molar-refractivity contribution in [2.45, 2.75) is 45.8 Å². The molecule has 2 amide bonds. The van der Waals surface area contributed by atoms with E-state index in [2.05, 4.69) is 26.9 Å². The van der Waals surface area contributed by atoms with E-state index >= 15 is 0 Å². The summed E-state index contributed by atoms with van der Waals surface area (Å²) in [4.78, 5) is 30.7. The van der Waals surface area contributed by atoms with Crippen LogP contribution < -0.4 is 16.0 Å². The molecule has 1 aromatic rings. The number of carbonyl (C=O) groups excluding carboxylic acids is 2. The summed E-state index contributed by atoms with van der Waals surface area (Å²) >= 11 is 0. The van der Waals surface area contributed by atoms with Crippen LogP contribution in [0, 0.1) is 12.3 Å². The van der Waals surface area contributed by atoms with Crippen molar-refractivity contribution in [1.82, 2.24) is 15.5 Å². The Labute approximate surface area is 201 Å². The molecule has 0 spiro atoms. The minimum Gasteiger partial charge on any atom is -0.444 e. The monoisotopic (exact) mass is 541 g/mol. The van der Waals surface area contributed by atoms with Crippen LogP contribution in [0.1, 0.15) is 39.7 Å². The standard InChI is InChI=1S/C22H31N5O3.HI/c1-6-16-9-8-10-17(13-16)25-19(28)14-24-20(23-7-2)27-12-11-18(15-27)26-21(29)30-22(3,4)5;/h1,8-10,13,18H,7,11-12,14-15H2,2-5H3,(H,23,24)(H,25,28)(H,26,29);1H. The van der Waals surface area contributed by atoms with Crippen LogP contribution in [-0.2, 0) is 9.53 Å². The van der Waals surface area contributed by atoms with Crippen LogP contribution in [0.4, 0.5) is 10.5 Å². The molecule has 1 saturated heterocycles. The van der Waals surface area contributed by atoms with Gasteiger partial charge in [0.25, 0.3) is 0 Å². The maximum absolute atomic E-state index is 12.3. The van der Waals surface area contributed by atoms with Crippen molar-refractivity contribution in [2.75, 3.05) is 31.5 Å². The molecule has 0 radical (unpaired) electrons. The van der Waals surface area contributed by atoms with Gasteiger partial charge in [-0.1, -0.05) is 12.0 Å². The molecule has 8 nitrogen and oxygen atoms in total. The minimum atomic E-state index is -0.536. The van der Waals surface area contributed by atoms with Crippen molar-refractivity contribution in [3.8, 4) is 12.3 Å². The largest absolute Gasteiger partial charge is 0.444 e. The zero-order valence-corrected chi connectivity index (χ0v) is 20.9. The van der Waals surface area contributed by atoms with Gasteiger partial charge in [0.2, 0.25) is 5.91 Å². The molecule has 1 heterocycles. The molecular formula is C22H32IN5O3. The number of hydrogen-bond donors (Lipinski definition) is 3. The molecule has 31 heavy (non-hydrogen) atoms. The summed E-state index contributed by atoms with van der Waals surface area (Å²) < 4.78 is 5.32. The molecule has 1 atom stereocenters. The summed E-state index contributed by atoms with van der Waals surface area (Å²) in [6.45, 7) is 9.42. The Morgan fingerprint density at radius 1 is 1.35 bits per heavy atom. The first-order valence-electron chi connectivity index (χ1n) is 10.1. The molecule has 170 valence electrons. The highest BCUT2D eigenvalue weighted by molar-refractivity contribution is 14.0. The summed E-state index contributed by atoms with van der Waals surface area (Å²) in [5, 5.41) is 8.89. The van der Waals surface area contributed by atoms with E-state index < -0.39 is 11.7 Å². The Bertz CT molecular complexity index is 829. The van der Waals surface area contributed by atoms with Gasteiger partial charge in [0, 0.05) is 30.9 Å². The highest BCUT2D eigenvalue weighted by atomic mass is 127. The smallest absolute Gasteiger partial charge is 0.407 e. The molecular weight excluding hydrogens is 509 g/mol. The predicted octanol–water partition coefficient (Wildman–Crippen LogP) is 2.79. The van der Waals surface area contributed by atoms with E-state index in [1.807, 2.05) is 32.6 Å². The van der Waals surface area contributed by atoms with Crippen molar-refractivity contribution in [2.24, 2.45) is 4.99 Å². The number of benzene rings is 1. The number of nitrogens with zero attached hydrogens (tertiary/aromatic N) is 2. The van der Waals surface area contributed by atoms with Crippen LogP contribution in [0.25, 0.3) is 0 Å². The molecule has 0 bridgehead atoms. The third-order valence-electron chi connectivity index (χ3n) is 4.23. The third-order valence-corrected chi connectivity index (χ3v) is 4.23. The number of anilines is 1. The van der Waals surface area contributed by atoms with Gasteiger partial charge in [0.15, 0.2) is 5.96 Å². The van der Waals surface area contributed by atoms with Gasteiger partial charge in [-0.2, -0.15) is 0 Å². The van der Waals surface area contributed by atoms with Gasteiger partial charge in [-0.05, 0) is 52.3 Å². The second-order valence-electron chi connectivity index (χ2n) is 8.02. The Balaban J connectivity index is 0.00000480. The molecule has 1 aliphatic rings. The van der Waals surface area contributed by atoms with E-state index in [-0.39, 0.29) is 42.5 Å². The number of halogens is 1. The van der Waals surface area contributed by atoms with Gasteiger partial charge in [-0.3, -0.25) is 4.79 Å². The van der Waals surface area contributed by atoms with Gasteiger partial charge >= 0.3 is 6.09 Å². The van der Waals surface area contributed by atoms with E-state index in [1.165, 1.54) is 0 Å². The molecule has 0 saturated carbocycles. The zero-order chi connectivity index (χ0) is 22.1. The van der Waals surface area contributed by atoms with E-state index in [9.17, 15) is 9.59 Å². The van der Waals surface area contributed by atoms with Gasteiger partial charge in [-0.25, -0.2) is 9.79 Å². The lowest BCUT2D eigenvalue weighted by atomic mass is 10.2. The van der Waals surface area contributed by atoms with Gasteiger partial charge < -0.3 is 25.6 Å². The Morgan fingerprint density at radius 3 is 2.74 bits per heavy atom. The molecule has 9 heteroatoms. The van der Waals surface area contributed by atoms with Crippen molar-refractivity contribution >= 4 is 47.6 Å². The molecule has 3 N–H and O–H groups in total. The maximum Gasteiger partial charge on any atom is 0.407 e. The third kappa shape index (κ3) is 9.46. The van der Waals surface area contributed by atoms with E-state index in [0.29, 0.717) is 30.3 Å². The molecule has 1 aromatic carbocycles. The number of ether oxygens (including phenoxy) is 1. The number of hydrogen-bond acceptors (Lipinski definition) is 4. The topological polar surface area (TPSA) is 95.1 Å². The number of terminal acetylenes is 1. The van der Waals surface area contributed by atoms with Crippen LogP contribution >= 0.6 is 24.0 Å². The lowest BCUT2D eigenvalue weighted by Crippen LogP contribution is -2.44. The lowest BCUT2D eigenvalue weighted by molar-refractivity contribution is -0.114. The summed E-state index contributed by atoms with van der Waals surface area (Å²) in [5.74, 6) is 2.94. The van der Waals surface area contributed by atoms with E-state index in [0.717, 1.165) is 13.0 Å². The first-order valence-corrected chi connectivity index (χ1v) is 10.1. The van der Waals surface area contributed by atoms with Crippen LogP contribution in [0.5, 0.6) is 0 Å².